The van der Waals surface area contributed by atoms with Crippen molar-refractivity contribution in [2.24, 2.45) is 5.41 Å². The van der Waals surface area contributed by atoms with Crippen LogP contribution < -0.4 is 10.1 Å². The van der Waals surface area contributed by atoms with Gasteiger partial charge in [0.15, 0.2) is 0 Å². The lowest BCUT2D eigenvalue weighted by atomic mass is 9.82. The van der Waals surface area contributed by atoms with Crippen molar-refractivity contribution in [3.63, 3.8) is 0 Å². The first-order valence-electron chi connectivity index (χ1n) is 10.1. The Morgan fingerprint density at radius 2 is 1.83 bits per heavy atom. The predicted molar refractivity (Wildman–Crippen MR) is 118 cm³/mol. The number of rotatable bonds is 6. The van der Waals surface area contributed by atoms with Gasteiger partial charge in [0.2, 0.25) is 10.0 Å². The number of sulfonamides is 1. The molecule has 7 nitrogen and oxygen atoms in total. The minimum Gasteiger partial charge on any atom is -0.492 e. The topological polar surface area (TPSA) is 87.3 Å². The average molecular weight is 429 g/mol. The van der Waals surface area contributed by atoms with E-state index in [1.165, 1.54) is 18.4 Å². The molecule has 0 saturated carbocycles. The van der Waals surface area contributed by atoms with E-state index in [4.69, 9.17) is 4.74 Å². The highest BCUT2D eigenvalue weighted by Crippen LogP contribution is 2.36. The molecular formula is C22H28N4O3S. The van der Waals surface area contributed by atoms with Crippen molar-refractivity contribution in [1.82, 2.24) is 19.6 Å². The number of aromatic nitrogens is 2. The normalized spacial score (nSPS) is 16.8. The van der Waals surface area contributed by atoms with E-state index in [9.17, 15) is 8.42 Å². The summed E-state index contributed by atoms with van der Waals surface area (Å²) in [5.41, 5.74) is 2.75. The number of nitrogens with zero attached hydrogens (tertiary/aromatic N) is 2. The Bertz CT molecular complexity index is 1130. The van der Waals surface area contributed by atoms with E-state index in [0.29, 0.717) is 6.61 Å². The van der Waals surface area contributed by atoms with Crippen LogP contribution in [0.15, 0.2) is 47.6 Å². The summed E-state index contributed by atoms with van der Waals surface area (Å²) in [5, 5.41) is 4.31. The van der Waals surface area contributed by atoms with Crippen molar-refractivity contribution in [2.45, 2.75) is 24.7 Å². The number of ether oxygens (including phenoxy) is 1. The lowest BCUT2D eigenvalue weighted by Gasteiger charge is -2.33. The molecule has 0 radical (unpaired) electrons. The van der Waals surface area contributed by atoms with E-state index in [-0.39, 0.29) is 10.3 Å². The Hall–Kier alpha value is -2.42. The number of H-pyrrole nitrogens is 1. The molecule has 4 rings (SSSR count). The molecule has 1 aliphatic rings. The molecular weight excluding hydrogens is 400 g/mol. The van der Waals surface area contributed by atoms with Gasteiger partial charge in [-0.3, -0.25) is 0 Å². The van der Waals surface area contributed by atoms with Crippen LogP contribution in [0.1, 0.15) is 19.8 Å². The summed E-state index contributed by atoms with van der Waals surface area (Å²) in [6.07, 6.45) is 5.81. The number of benzene rings is 1. The summed E-state index contributed by atoms with van der Waals surface area (Å²) in [7, 11) is -0.400. The van der Waals surface area contributed by atoms with Crippen LogP contribution in [0, 0.1) is 5.41 Å². The second-order valence-electron chi connectivity index (χ2n) is 8.40. The van der Waals surface area contributed by atoms with Crippen molar-refractivity contribution >= 4 is 21.1 Å². The number of pyridine rings is 1. The Morgan fingerprint density at radius 1 is 1.13 bits per heavy atom. The van der Waals surface area contributed by atoms with E-state index < -0.39 is 10.0 Å². The zero-order valence-electron chi connectivity index (χ0n) is 17.6. The average Bonchev–Trinajstić information content (AvgIpc) is 3.17. The van der Waals surface area contributed by atoms with Gasteiger partial charge in [0, 0.05) is 37.5 Å². The van der Waals surface area contributed by atoms with Crippen molar-refractivity contribution in [3.05, 3.63) is 42.7 Å². The maximum absolute atomic E-state index is 12.3. The molecule has 0 atom stereocenters. The van der Waals surface area contributed by atoms with Crippen LogP contribution in [0.2, 0.25) is 0 Å². The summed E-state index contributed by atoms with van der Waals surface area (Å²) in [4.78, 5) is 7.91. The van der Waals surface area contributed by atoms with Gasteiger partial charge >= 0.3 is 0 Å². The Morgan fingerprint density at radius 3 is 2.50 bits per heavy atom. The van der Waals surface area contributed by atoms with Crippen LogP contribution in [0.4, 0.5) is 0 Å². The van der Waals surface area contributed by atoms with Crippen molar-refractivity contribution in [3.8, 4) is 16.9 Å². The van der Waals surface area contributed by atoms with Crippen LogP contribution in [-0.4, -0.2) is 56.5 Å². The fourth-order valence-corrected chi connectivity index (χ4v) is 4.72. The van der Waals surface area contributed by atoms with Crippen molar-refractivity contribution < 1.29 is 13.2 Å². The lowest BCUT2D eigenvalue weighted by Crippen LogP contribution is -2.38. The maximum atomic E-state index is 12.3. The van der Waals surface area contributed by atoms with Crippen LogP contribution >= 0.6 is 0 Å². The third-order valence-corrected chi connectivity index (χ3v) is 7.70. The highest BCUT2D eigenvalue weighted by molar-refractivity contribution is 7.89. The van der Waals surface area contributed by atoms with Gasteiger partial charge in [0.1, 0.15) is 11.4 Å². The third-order valence-electron chi connectivity index (χ3n) is 5.87. The minimum atomic E-state index is -3.46. The zero-order chi connectivity index (χ0) is 21.4. The molecule has 160 valence electrons. The lowest BCUT2D eigenvalue weighted by molar-refractivity contribution is 0.124. The smallest absolute Gasteiger partial charge is 0.242 e. The van der Waals surface area contributed by atoms with Crippen LogP contribution in [-0.2, 0) is 10.0 Å². The largest absolute Gasteiger partial charge is 0.492 e. The molecule has 0 amide bonds. The van der Waals surface area contributed by atoms with Crippen LogP contribution in [0.5, 0.6) is 5.75 Å². The monoisotopic (exact) mass is 428 g/mol. The highest BCUT2D eigenvalue weighted by atomic mass is 32.2. The first-order chi connectivity index (χ1) is 14.3. The van der Waals surface area contributed by atoms with Gasteiger partial charge in [-0.15, -0.1) is 0 Å². The number of nitrogens with one attached hydrogen (secondary N) is 2. The molecule has 1 aliphatic heterocycles. The van der Waals surface area contributed by atoms with Gasteiger partial charge in [0.25, 0.3) is 0 Å². The van der Waals surface area contributed by atoms with Gasteiger partial charge in [-0.25, -0.2) is 17.7 Å². The second kappa shape index (κ2) is 8.02. The van der Waals surface area contributed by atoms with Crippen molar-refractivity contribution in [1.29, 1.82) is 0 Å². The van der Waals surface area contributed by atoms with Gasteiger partial charge in [-0.05, 0) is 49.7 Å². The predicted octanol–water partition coefficient (Wildman–Crippen LogP) is 3.25. The number of aromatic amines is 1. The molecule has 0 bridgehead atoms. The molecule has 2 aromatic heterocycles. The fourth-order valence-electron chi connectivity index (χ4n) is 3.82. The fraction of sp³-hybridized carbons (Fsp3) is 0.409. The molecule has 3 aromatic rings. The molecule has 1 saturated heterocycles. The Balaban J connectivity index is 1.66. The number of hydrogen-bond donors (Lipinski definition) is 2. The van der Waals surface area contributed by atoms with Crippen LogP contribution in [0.25, 0.3) is 22.2 Å². The SMILES string of the molecule is CN(C)S(=O)(=O)c1ccc(-c2c[nH]c3nccc(OCC4(C)CCNCC4)c23)cc1. The minimum absolute atomic E-state index is 0.152. The maximum Gasteiger partial charge on any atom is 0.242 e. The van der Waals surface area contributed by atoms with E-state index >= 15 is 0 Å². The summed E-state index contributed by atoms with van der Waals surface area (Å²) < 4.78 is 32.2. The molecule has 0 aliphatic carbocycles. The van der Waals surface area contributed by atoms with E-state index in [1.54, 1.807) is 18.3 Å². The van der Waals surface area contributed by atoms with E-state index in [2.05, 4.69) is 22.2 Å². The van der Waals surface area contributed by atoms with Crippen molar-refractivity contribution in [2.75, 3.05) is 33.8 Å². The van der Waals surface area contributed by atoms with Crippen LogP contribution in [0.3, 0.4) is 0 Å². The third kappa shape index (κ3) is 3.95. The van der Waals surface area contributed by atoms with E-state index in [0.717, 1.165) is 53.8 Å². The summed E-state index contributed by atoms with van der Waals surface area (Å²) in [6, 6.07) is 8.82. The number of piperidine rings is 1. The molecule has 8 heteroatoms. The molecule has 0 spiro atoms. The zero-order valence-corrected chi connectivity index (χ0v) is 18.4. The van der Waals surface area contributed by atoms with Gasteiger partial charge < -0.3 is 15.0 Å². The molecule has 3 heterocycles. The number of hydrogen-bond acceptors (Lipinski definition) is 5. The van der Waals surface area contributed by atoms with E-state index in [1.807, 2.05) is 24.4 Å². The quantitative estimate of drug-likeness (QED) is 0.629. The molecule has 30 heavy (non-hydrogen) atoms. The number of fused-ring (bicyclic) bond motifs is 1. The highest BCUT2D eigenvalue weighted by Gasteiger charge is 2.28. The molecule has 2 N–H and O–H groups in total. The standard InChI is InChI=1S/C22H28N4O3S/c1-22(9-12-23-13-10-22)15-29-19-8-11-24-21-20(19)18(14-25-21)16-4-6-17(7-5-16)30(27,28)26(2)3/h4-8,11,14,23H,9-10,12-13,15H2,1-3H3,(H,24,25). The molecule has 1 fully saturated rings. The van der Waals surface area contributed by atoms with Gasteiger partial charge in [-0.2, -0.15) is 0 Å². The second-order valence-corrected chi connectivity index (χ2v) is 10.5. The Kier molecular flexibility index (Phi) is 5.57. The Labute approximate surface area is 177 Å². The van der Waals surface area contributed by atoms with Gasteiger partial charge in [-0.1, -0.05) is 19.1 Å². The summed E-state index contributed by atoms with van der Waals surface area (Å²) in [6.45, 7) is 4.96. The first-order valence-corrected chi connectivity index (χ1v) is 11.6. The molecule has 0 unspecified atom stereocenters. The van der Waals surface area contributed by atoms with Gasteiger partial charge in [0.05, 0.1) is 16.9 Å². The first kappa shape index (κ1) is 20.8. The molecule has 1 aromatic carbocycles. The summed E-state index contributed by atoms with van der Waals surface area (Å²) in [5.74, 6) is 0.793. The summed E-state index contributed by atoms with van der Waals surface area (Å²) >= 11 is 0.